The van der Waals surface area contributed by atoms with Gasteiger partial charge in [-0.15, -0.1) is 0 Å². The Labute approximate surface area is 115 Å². The van der Waals surface area contributed by atoms with E-state index >= 15 is 0 Å². The van der Waals surface area contributed by atoms with Crippen molar-refractivity contribution in [2.45, 2.75) is 0 Å². The van der Waals surface area contributed by atoms with Crippen LogP contribution >= 0.6 is 11.6 Å². The molecule has 3 aromatic rings. The molecule has 19 heavy (non-hydrogen) atoms. The minimum absolute atomic E-state index is 0.0404. The summed E-state index contributed by atoms with van der Waals surface area (Å²) in [5.74, 6) is 0. The van der Waals surface area contributed by atoms with Crippen molar-refractivity contribution in [2.24, 2.45) is 7.05 Å². The number of para-hydroxylation sites is 1. The van der Waals surface area contributed by atoms with Crippen LogP contribution < -0.4 is 5.43 Å². The summed E-state index contributed by atoms with van der Waals surface area (Å²) >= 11 is 5.90. The average molecular weight is 270 g/mol. The summed E-state index contributed by atoms with van der Waals surface area (Å²) < 4.78 is 2.03. The molecule has 0 spiro atoms. The number of aromatic nitrogens is 1. The van der Waals surface area contributed by atoms with Gasteiger partial charge in [0.1, 0.15) is 0 Å². The summed E-state index contributed by atoms with van der Waals surface area (Å²) in [5, 5.41) is 1.43. The molecule has 0 N–H and O–H groups in total. The van der Waals surface area contributed by atoms with Crippen molar-refractivity contribution in [3.63, 3.8) is 0 Å². The van der Waals surface area contributed by atoms with Gasteiger partial charge in [0.05, 0.1) is 11.2 Å². The van der Waals surface area contributed by atoms with E-state index < -0.39 is 0 Å². The maximum atomic E-state index is 12.2. The molecule has 1 aromatic heterocycles. The summed E-state index contributed by atoms with van der Waals surface area (Å²) in [5.41, 5.74) is 2.84. The van der Waals surface area contributed by atoms with E-state index in [4.69, 9.17) is 11.6 Å². The van der Waals surface area contributed by atoms with Crippen molar-refractivity contribution < 1.29 is 0 Å². The fourth-order valence-electron chi connectivity index (χ4n) is 2.30. The topological polar surface area (TPSA) is 22.0 Å². The number of rotatable bonds is 1. The molecule has 0 saturated carbocycles. The molecule has 0 amide bonds. The second-order valence-electron chi connectivity index (χ2n) is 4.48. The average Bonchev–Trinajstić information content (AvgIpc) is 2.44. The molecular weight excluding hydrogens is 258 g/mol. The van der Waals surface area contributed by atoms with Crippen LogP contribution in [0.25, 0.3) is 22.2 Å². The summed E-state index contributed by atoms with van der Waals surface area (Å²) in [7, 11) is 1.96. The van der Waals surface area contributed by atoms with Gasteiger partial charge >= 0.3 is 0 Å². The molecule has 0 aliphatic rings. The number of nitrogens with zero attached hydrogens (tertiary/aromatic N) is 1. The van der Waals surface area contributed by atoms with Crippen LogP contribution in [0, 0.1) is 0 Å². The lowest BCUT2D eigenvalue weighted by atomic mass is 10.1. The maximum Gasteiger partial charge on any atom is 0.190 e. The molecule has 0 fully saturated rings. The van der Waals surface area contributed by atoms with Gasteiger partial charge in [-0.25, -0.2) is 0 Å². The number of hydrogen-bond acceptors (Lipinski definition) is 1. The first-order chi connectivity index (χ1) is 9.16. The molecule has 0 aliphatic heterocycles. The van der Waals surface area contributed by atoms with Crippen molar-refractivity contribution in [1.29, 1.82) is 0 Å². The second kappa shape index (κ2) is 4.56. The van der Waals surface area contributed by atoms with E-state index in [0.717, 1.165) is 22.2 Å². The third-order valence-corrected chi connectivity index (χ3v) is 3.55. The smallest absolute Gasteiger partial charge is 0.190 e. The number of benzene rings is 2. The highest BCUT2D eigenvalue weighted by molar-refractivity contribution is 6.30. The minimum atomic E-state index is 0.0404. The Morgan fingerprint density at radius 3 is 2.42 bits per heavy atom. The monoisotopic (exact) mass is 269 g/mol. The number of hydrogen-bond donors (Lipinski definition) is 0. The lowest BCUT2D eigenvalue weighted by Gasteiger charge is -2.12. The molecule has 94 valence electrons. The molecule has 1 heterocycles. The van der Waals surface area contributed by atoms with Gasteiger partial charge in [0.15, 0.2) is 5.43 Å². The van der Waals surface area contributed by atoms with E-state index in [-0.39, 0.29) is 5.43 Å². The molecule has 2 aromatic carbocycles. The van der Waals surface area contributed by atoms with E-state index in [1.54, 1.807) is 6.07 Å². The summed E-state index contributed by atoms with van der Waals surface area (Å²) in [6.07, 6.45) is 0. The maximum absolute atomic E-state index is 12.2. The van der Waals surface area contributed by atoms with Crippen molar-refractivity contribution in [2.75, 3.05) is 0 Å². The zero-order valence-electron chi connectivity index (χ0n) is 10.4. The predicted octanol–water partition coefficient (Wildman–Crippen LogP) is 3.86. The Kier molecular flexibility index (Phi) is 2.88. The van der Waals surface area contributed by atoms with Gasteiger partial charge in [0.2, 0.25) is 0 Å². The first-order valence-corrected chi connectivity index (χ1v) is 6.39. The highest BCUT2D eigenvalue weighted by Crippen LogP contribution is 2.22. The molecule has 0 atom stereocenters. The van der Waals surface area contributed by atoms with Crippen LogP contribution in [0.2, 0.25) is 5.02 Å². The molecule has 0 saturated heterocycles. The molecule has 2 nitrogen and oxygen atoms in total. The van der Waals surface area contributed by atoms with Gasteiger partial charge in [-0.2, -0.15) is 0 Å². The van der Waals surface area contributed by atoms with Crippen LogP contribution in [-0.2, 0) is 7.05 Å². The van der Waals surface area contributed by atoms with Crippen LogP contribution in [0.3, 0.4) is 0 Å². The number of pyridine rings is 1. The molecule has 0 radical (unpaired) electrons. The second-order valence-corrected chi connectivity index (χ2v) is 4.91. The minimum Gasteiger partial charge on any atom is -0.343 e. The van der Waals surface area contributed by atoms with E-state index in [2.05, 4.69) is 0 Å². The van der Waals surface area contributed by atoms with E-state index in [1.807, 2.05) is 60.1 Å². The van der Waals surface area contributed by atoms with E-state index in [1.165, 1.54) is 0 Å². The normalized spacial score (nSPS) is 10.8. The van der Waals surface area contributed by atoms with E-state index in [9.17, 15) is 4.79 Å². The van der Waals surface area contributed by atoms with Crippen molar-refractivity contribution in [1.82, 2.24) is 4.57 Å². The number of halogens is 1. The summed E-state index contributed by atoms with van der Waals surface area (Å²) in [4.78, 5) is 12.2. The highest BCUT2D eigenvalue weighted by atomic mass is 35.5. The molecule has 0 aliphatic carbocycles. The highest BCUT2D eigenvalue weighted by Gasteiger charge is 2.07. The lowest BCUT2D eigenvalue weighted by Crippen LogP contribution is -2.08. The van der Waals surface area contributed by atoms with Gasteiger partial charge in [-0.3, -0.25) is 4.79 Å². The molecular formula is C16H12ClNO. The Hall–Kier alpha value is -2.06. The molecule has 0 unspecified atom stereocenters. The lowest BCUT2D eigenvalue weighted by molar-refractivity contribution is 0.960. The number of fused-ring (bicyclic) bond motifs is 1. The van der Waals surface area contributed by atoms with Crippen LogP contribution in [0.5, 0.6) is 0 Å². The van der Waals surface area contributed by atoms with Gasteiger partial charge in [-0.05, 0) is 29.8 Å². The zero-order valence-corrected chi connectivity index (χ0v) is 11.2. The number of aryl methyl sites for hydroxylation is 1. The van der Waals surface area contributed by atoms with Crippen LogP contribution in [-0.4, -0.2) is 4.57 Å². The molecule has 0 bridgehead atoms. The SMILES string of the molecule is Cn1c(-c2ccc(Cl)cc2)cc(=O)c2ccccc21. The van der Waals surface area contributed by atoms with Crippen LogP contribution in [0.4, 0.5) is 0 Å². The van der Waals surface area contributed by atoms with Crippen molar-refractivity contribution in [3.8, 4) is 11.3 Å². The fraction of sp³-hybridized carbons (Fsp3) is 0.0625. The standard InChI is InChI=1S/C16H12ClNO/c1-18-14-5-3-2-4-13(14)16(19)10-15(18)11-6-8-12(17)9-7-11/h2-10H,1H3. The first-order valence-electron chi connectivity index (χ1n) is 6.01. The Balaban J connectivity index is 2.33. The molecule has 3 rings (SSSR count). The fourth-order valence-corrected chi connectivity index (χ4v) is 2.43. The Bertz CT molecular complexity index is 803. The van der Waals surface area contributed by atoms with E-state index in [0.29, 0.717) is 5.02 Å². The largest absolute Gasteiger partial charge is 0.343 e. The predicted molar refractivity (Wildman–Crippen MR) is 79.6 cm³/mol. The van der Waals surface area contributed by atoms with Gasteiger partial charge in [0.25, 0.3) is 0 Å². The summed E-state index contributed by atoms with van der Waals surface area (Å²) in [6, 6.07) is 16.8. The van der Waals surface area contributed by atoms with Gasteiger partial charge in [-0.1, -0.05) is 35.9 Å². The van der Waals surface area contributed by atoms with Crippen LogP contribution in [0.1, 0.15) is 0 Å². The van der Waals surface area contributed by atoms with Crippen molar-refractivity contribution >= 4 is 22.5 Å². The van der Waals surface area contributed by atoms with Crippen LogP contribution in [0.15, 0.2) is 59.4 Å². The Morgan fingerprint density at radius 1 is 1.00 bits per heavy atom. The summed E-state index contributed by atoms with van der Waals surface area (Å²) in [6.45, 7) is 0. The quantitative estimate of drug-likeness (QED) is 0.657. The Morgan fingerprint density at radius 2 is 1.68 bits per heavy atom. The van der Waals surface area contributed by atoms with Gasteiger partial charge < -0.3 is 4.57 Å². The third kappa shape index (κ3) is 2.04. The third-order valence-electron chi connectivity index (χ3n) is 3.30. The zero-order chi connectivity index (χ0) is 13.4. The molecule has 3 heteroatoms. The van der Waals surface area contributed by atoms with Crippen molar-refractivity contribution in [3.05, 3.63) is 69.8 Å². The van der Waals surface area contributed by atoms with Gasteiger partial charge in [0, 0.05) is 23.5 Å². The first kappa shape index (κ1) is 12.0.